The number of rotatable bonds is 0. The average molecular weight is 439 g/mol. The smallest absolute Gasteiger partial charge is 0 e. The van der Waals surface area contributed by atoms with Crippen LogP contribution in [0.2, 0.25) is 0 Å². The molecule has 0 bridgehead atoms. The van der Waals surface area contributed by atoms with E-state index in [4.69, 9.17) is 0 Å². The van der Waals surface area contributed by atoms with Crippen molar-refractivity contribution in [1.82, 2.24) is 0 Å². The van der Waals surface area contributed by atoms with Crippen molar-refractivity contribution in [2.75, 3.05) is 0 Å². The Morgan fingerprint density at radius 3 is 1.00 bits per heavy atom. The predicted octanol–water partition coefficient (Wildman–Crippen LogP) is -0.388. The van der Waals surface area contributed by atoms with Crippen LogP contribution in [0.4, 0.5) is 0 Å². The van der Waals surface area contributed by atoms with Crippen molar-refractivity contribution in [3.05, 3.63) is 0 Å². The first-order valence-electron chi connectivity index (χ1n) is 0. The molecule has 4 heavy (non-hydrogen) atoms. The molecule has 0 fully saturated rings. The van der Waals surface area contributed by atoms with Crippen LogP contribution in [0.15, 0.2) is 0 Å². The van der Waals surface area contributed by atoms with Crippen LogP contribution in [0, 0.1) is 0 Å². The minimum Gasteiger partial charge on any atom is 0 e. The van der Waals surface area contributed by atoms with Gasteiger partial charge in [0.1, 0.15) is 0 Å². The second kappa shape index (κ2) is 16.9. The van der Waals surface area contributed by atoms with Gasteiger partial charge in [-0.25, -0.2) is 0 Å². The summed E-state index contributed by atoms with van der Waals surface area (Å²) in [5.74, 6) is 0. The van der Waals surface area contributed by atoms with Crippen molar-refractivity contribution >= 4 is 27.3 Å². The van der Waals surface area contributed by atoms with E-state index < -0.39 is 0 Å². The van der Waals surface area contributed by atoms with Crippen molar-refractivity contribution in [1.29, 1.82) is 0 Å². The molecule has 0 amide bonds. The molecule has 0 aliphatic rings. The zero-order chi connectivity index (χ0) is 0. The summed E-state index contributed by atoms with van der Waals surface area (Å²) in [5.41, 5.74) is 0. The summed E-state index contributed by atoms with van der Waals surface area (Å²) >= 11 is 0. The summed E-state index contributed by atoms with van der Waals surface area (Å²) in [5, 5.41) is 0. The molecule has 0 unspecified atom stereocenters. The summed E-state index contributed by atoms with van der Waals surface area (Å²) in [6.45, 7) is 0. The Hall–Kier alpha value is 2.88. The van der Waals surface area contributed by atoms with E-state index in [1.165, 1.54) is 0 Å². The second-order valence-electron chi connectivity index (χ2n) is 0. The van der Waals surface area contributed by atoms with Gasteiger partial charge in [-0.2, -0.15) is 0 Å². The van der Waals surface area contributed by atoms with Crippen LogP contribution >= 0.6 is 0 Å². The van der Waals surface area contributed by atoms with Crippen LogP contribution in [0.1, 0.15) is 0 Å². The zero-order valence-corrected chi connectivity index (χ0v) is 11.8. The molecule has 0 aromatic heterocycles. The first-order valence-corrected chi connectivity index (χ1v) is 0. The molecule has 4 heteroatoms. The summed E-state index contributed by atoms with van der Waals surface area (Å²) < 4.78 is 0. The SMILES string of the molecule is [Cd].[Cu].[Fe].[Pb]. The third-order valence-electron chi connectivity index (χ3n) is 0. The van der Waals surface area contributed by atoms with Crippen LogP contribution in [0.3, 0.4) is 0 Å². The van der Waals surface area contributed by atoms with Gasteiger partial charge in [0.25, 0.3) is 0 Å². The van der Waals surface area contributed by atoms with Gasteiger partial charge in [0, 0.05) is 88.7 Å². The Kier molecular flexibility index (Phi) is 121. The Labute approximate surface area is 87.1 Å². The molecule has 0 spiro atoms. The Morgan fingerprint density at radius 1 is 1.00 bits per heavy atom. The Morgan fingerprint density at radius 2 is 1.00 bits per heavy atom. The van der Waals surface area contributed by atoms with Crippen molar-refractivity contribution in [3.8, 4) is 0 Å². The molecule has 0 saturated heterocycles. The third kappa shape index (κ3) is 8.86. The molecule has 0 rings (SSSR count). The van der Waals surface area contributed by atoms with Crippen molar-refractivity contribution in [2.45, 2.75) is 0 Å². The van der Waals surface area contributed by atoms with Gasteiger partial charge in [0.05, 0.1) is 0 Å². The molecule has 0 heterocycles. The zero-order valence-electron chi connectivity index (χ0n) is 1.86. The quantitative estimate of drug-likeness (QED) is 0.452. The second-order valence-corrected chi connectivity index (χ2v) is 0. The van der Waals surface area contributed by atoms with Crippen LogP contribution in [-0.2, 0) is 61.4 Å². The molecule has 0 aliphatic heterocycles. The molecule has 0 aromatic rings. The first kappa shape index (κ1) is 28.7. The molecular weight excluding hydrogens is 439 g/mol. The standard InChI is InChI=1S/Cd.Cu.Fe.Pb. The van der Waals surface area contributed by atoms with Gasteiger partial charge >= 0.3 is 0 Å². The molecule has 0 aromatic carbocycles. The van der Waals surface area contributed by atoms with Crippen LogP contribution < -0.4 is 0 Å². The van der Waals surface area contributed by atoms with Crippen molar-refractivity contribution < 1.29 is 61.4 Å². The van der Waals surface area contributed by atoms with Crippen LogP contribution in [0.5, 0.6) is 0 Å². The summed E-state index contributed by atoms with van der Waals surface area (Å²) in [6.07, 6.45) is 0. The minimum absolute atomic E-state index is 0. The molecular formula is CdCuFePb. The molecule has 25 valence electrons. The van der Waals surface area contributed by atoms with Gasteiger partial charge in [-0.1, -0.05) is 0 Å². The van der Waals surface area contributed by atoms with Gasteiger partial charge in [0.15, 0.2) is 0 Å². The van der Waals surface area contributed by atoms with Gasteiger partial charge in [0.2, 0.25) is 0 Å². The predicted molar refractivity (Wildman–Crippen MR) is 5.75 cm³/mol. The molecule has 0 nitrogen and oxygen atoms in total. The monoisotopic (exact) mass is 441 g/mol. The van der Waals surface area contributed by atoms with Gasteiger partial charge < -0.3 is 0 Å². The van der Waals surface area contributed by atoms with Crippen LogP contribution in [0.25, 0.3) is 0 Å². The largest absolute Gasteiger partial charge is 0 e. The van der Waals surface area contributed by atoms with Gasteiger partial charge in [-0.15, -0.1) is 0 Å². The van der Waals surface area contributed by atoms with E-state index in [1.54, 1.807) is 0 Å². The van der Waals surface area contributed by atoms with Gasteiger partial charge in [-0.3, -0.25) is 0 Å². The number of hydrogen-bond acceptors (Lipinski definition) is 0. The van der Waals surface area contributed by atoms with Crippen molar-refractivity contribution in [2.24, 2.45) is 0 Å². The fraction of sp³-hybridized carbons (Fsp3) is 0. The topological polar surface area (TPSA) is 0 Å². The fourth-order valence-corrected chi connectivity index (χ4v) is 0. The summed E-state index contributed by atoms with van der Waals surface area (Å²) in [7, 11) is 0. The van der Waals surface area contributed by atoms with Gasteiger partial charge in [-0.05, 0) is 0 Å². The fourth-order valence-electron chi connectivity index (χ4n) is 0. The molecule has 0 saturated carbocycles. The summed E-state index contributed by atoms with van der Waals surface area (Å²) in [4.78, 5) is 0. The average Bonchev–Trinajstić information content (AvgIpc) is 0. The van der Waals surface area contributed by atoms with E-state index >= 15 is 0 Å². The maximum atomic E-state index is 0. The van der Waals surface area contributed by atoms with Crippen LogP contribution in [-0.4, -0.2) is 27.3 Å². The van der Waals surface area contributed by atoms with E-state index in [-0.39, 0.29) is 88.7 Å². The van der Waals surface area contributed by atoms with E-state index in [9.17, 15) is 0 Å². The molecule has 0 aliphatic carbocycles. The normalized spacial score (nSPS) is 0. The van der Waals surface area contributed by atoms with E-state index in [1.807, 2.05) is 0 Å². The maximum Gasteiger partial charge on any atom is 0 e. The third-order valence-corrected chi connectivity index (χ3v) is 0. The molecule has 0 atom stereocenters. The minimum atomic E-state index is 0. The molecule has 0 N–H and O–H groups in total. The van der Waals surface area contributed by atoms with Crippen molar-refractivity contribution in [3.63, 3.8) is 0 Å². The number of hydrogen-bond donors (Lipinski definition) is 0. The molecule has 5 radical (unpaired) electrons. The Balaban J connectivity index is 0. The summed E-state index contributed by atoms with van der Waals surface area (Å²) in [6, 6.07) is 0. The van der Waals surface area contributed by atoms with E-state index in [0.29, 0.717) is 0 Å². The van der Waals surface area contributed by atoms with E-state index in [0.717, 1.165) is 0 Å². The first-order chi connectivity index (χ1) is 0. The maximum absolute atomic E-state index is 0. The Bertz CT molecular complexity index is 8.00. The van der Waals surface area contributed by atoms with E-state index in [2.05, 4.69) is 0 Å².